The number of nitriles is 1. The van der Waals surface area contributed by atoms with Crippen molar-refractivity contribution >= 4 is 33.2 Å². The van der Waals surface area contributed by atoms with Crippen LogP contribution in [0.3, 0.4) is 0 Å². The van der Waals surface area contributed by atoms with Gasteiger partial charge in [0.05, 0.1) is 11.3 Å². The van der Waals surface area contributed by atoms with Crippen molar-refractivity contribution in [3.05, 3.63) is 57.6 Å². The molecule has 5 heteroatoms. The van der Waals surface area contributed by atoms with Crippen LogP contribution >= 0.6 is 15.9 Å². The van der Waals surface area contributed by atoms with E-state index >= 15 is 0 Å². The van der Waals surface area contributed by atoms with Gasteiger partial charge in [0.1, 0.15) is 6.07 Å². The maximum absolute atomic E-state index is 12.3. The quantitative estimate of drug-likeness (QED) is 0.828. The van der Waals surface area contributed by atoms with Crippen LogP contribution < -0.4 is 11.1 Å². The van der Waals surface area contributed by atoms with Crippen molar-refractivity contribution in [1.29, 1.82) is 5.26 Å². The molecule has 0 saturated heterocycles. The molecule has 0 saturated carbocycles. The first-order valence-electron chi connectivity index (χ1n) is 5.89. The zero-order valence-corrected chi connectivity index (χ0v) is 12.4. The summed E-state index contributed by atoms with van der Waals surface area (Å²) in [5.74, 6) is -0.284. The first-order valence-corrected chi connectivity index (χ1v) is 6.68. The van der Waals surface area contributed by atoms with Crippen LogP contribution in [0.2, 0.25) is 0 Å². The van der Waals surface area contributed by atoms with Crippen LogP contribution in [-0.2, 0) is 0 Å². The monoisotopic (exact) mass is 329 g/mol. The normalized spacial score (nSPS) is 9.85. The number of anilines is 2. The largest absolute Gasteiger partial charge is 0.398 e. The summed E-state index contributed by atoms with van der Waals surface area (Å²) in [6.45, 7) is 1.79. The number of rotatable bonds is 2. The van der Waals surface area contributed by atoms with Crippen LogP contribution in [0.5, 0.6) is 0 Å². The van der Waals surface area contributed by atoms with Gasteiger partial charge in [0.2, 0.25) is 0 Å². The highest BCUT2D eigenvalue weighted by atomic mass is 79.9. The third kappa shape index (κ3) is 2.81. The number of hydrogen-bond donors (Lipinski definition) is 2. The maximum Gasteiger partial charge on any atom is 0.256 e. The van der Waals surface area contributed by atoms with E-state index in [4.69, 9.17) is 11.0 Å². The number of carbonyl (C=O) groups excluding carboxylic acids is 1. The average Bonchev–Trinajstić information content (AvgIpc) is 2.43. The Balaban J connectivity index is 2.33. The van der Waals surface area contributed by atoms with Crippen LogP contribution in [0, 0.1) is 18.3 Å². The highest BCUT2D eigenvalue weighted by molar-refractivity contribution is 9.10. The van der Waals surface area contributed by atoms with E-state index in [1.54, 1.807) is 43.3 Å². The first kappa shape index (κ1) is 14.1. The molecule has 0 atom stereocenters. The lowest BCUT2D eigenvalue weighted by Crippen LogP contribution is -2.15. The van der Waals surface area contributed by atoms with E-state index in [0.29, 0.717) is 22.5 Å². The third-order valence-corrected chi connectivity index (χ3v) is 3.46. The Morgan fingerprint density at radius 2 is 2.10 bits per heavy atom. The Hall–Kier alpha value is -2.32. The molecule has 1 amide bonds. The fraction of sp³-hybridized carbons (Fsp3) is 0.0667. The van der Waals surface area contributed by atoms with Gasteiger partial charge in [0.15, 0.2) is 0 Å². The molecule has 0 aliphatic heterocycles. The lowest BCUT2D eigenvalue weighted by Gasteiger charge is -2.10. The van der Waals surface area contributed by atoms with E-state index in [-0.39, 0.29) is 5.91 Å². The van der Waals surface area contributed by atoms with Gasteiger partial charge in [-0.25, -0.2) is 0 Å². The highest BCUT2D eigenvalue weighted by Gasteiger charge is 2.12. The smallest absolute Gasteiger partial charge is 0.256 e. The summed E-state index contributed by atoms with van der Waals surface area (Å²) < 4.78 is 0.784. The molecule has 2 aromatic carbocycles. The van der Waals surface area contributed by atoms with Gasteiger partial charge in [0, 0.05) is 15.7 Å². The van der Waals surface area contributed by atoms with Crippen LogP contribution in [0.4, 0.5) is 11.4 Å². The molecule has 0 aliphatic rings. The van der Waals surface area contributed by atoms with E-state index in [1.165, 1.54) is 0 Å². The lowest BCUT2D eigenvalue weighted by molar-refractivity contribution is 0.102. The number of carbonyl (C=O) groups is 1. The molecule has 0 spiro atoms. The van der Waals surface area contributed by atoms with E-state index in [0.717, 1.165) is 10.0 Å². The molecule has 0 heterocycles. The fourth-order valence-corrected chi connectivity index (χ4v) is 2.17. The number of nitrogens with zero attached hydrogens (tertiary/aromatic N) is 1. The standard InChI is InChI=1S/C15H12BrN3O/c1-9-12(3-2-4-13(9)18)15(20)19-14-6-5-11(16)7-10(14)8-17/h2-7H,18H2,1H3,(H,19,20). The number of nitrogen functional groups attached to an aromatic ring is 1. The molecule has 2 rings (SSSR count). The van der Waals surface area contributed by atoms with Gasteiger partial charge >= 0.3 is 0 Å². The Bertz CT molecular complexity index is 720. The fourth-order valence-electron chi connectivity index (χ4n) is 1.81. The molecule has 3 N–H and O–H groups in total. The highest BCUT2D eigenvalue weighted by Crippen LogP contribution is 2.22. The van der Waals surface area contributed by atoms with E-state index in [2.05, 4.69) is 21.2 Å². The minimum Gasteiger partial charge on any atom is -0.398 e. The van der Waals surface area contributed by atoms with E-state index in [9.17, 15) is 4.79 Å². The minimum atomic E-state index is -0.284. The summed E-state index contributed by atoms with van der Waals surface area (Å²) in [4.78, 5) is 12.3. The molecule has 2 aromatic rings. The van der Waals surface area contributed by atoms with E-state index in [1.807, 2.05) is 6.07 Å². The Morgan fingerprint density at radius 3 is 2.80 bits per heavy atom. The van der Waals surface area contributed by atoms with Gasteiger partial charge in [-0.15, -0.1) is 0 Å². The van der Waals surface area contributed by atoms with Crippen molar-refractivity contribution < 1.29 is 4.79 Å². The number of benzene rings is 2. The van der Waals surface area contributed by atoms with Gasteiger partial charge < -0.3 is 11.1 Å². The summed E-state index contributed by atoms with van der Waals surface area (Å²) in [6.07, 6.45) is 0. The molecule has 4 nitrogen and oxygen atoms in total. The molecule has 0 unspecified atom stereocenters. The number of amides is 1. The minimum absolute atomic E-state index is 0.284. The van der Waals surface area contributed by atoms with Crippen LogP contribution in [-0.4, -0.2) is 5.91 Å². The second kappa shape index (κ2) is 5.76. The van der Waals surface area contributed by atoms with Gasteiger partial charge in [-0.2, -0.15) is 5.26 Å². The summed E-state index contributed by atoms with van der Waals surface area (Å²) in [7, 11) is 0. The Labute approximate surface area is 125 Å². The second-order valence-corrected chi connectivity index (χ2v) is 5.19. The number of hydrogen-bond acceptors (Lipinski definition) is 3. The van der Waals surface area contributed by atoms with Gasteiger partial charge in [-0.1, -0.05) is 22.0 Å². The van der Waals surface area contributed by atoms with Crippen LogP contribution in [0.1, 0.15) is 21.5 Å². The van der Waals surface area contributed by atoms with Crippen molar-refractivity contribution in [2.24, 2.45) is 0 Å². The second-order valence-electron chi connectivity index (χ2n) is 4.28. The SMILES string of the molecule is Cc1c(N)cccc1C(=O)Nc1ccc(Br)cc1C#N. The van der Waals surface area contributed by atoms with Crippen molar-refractivity contribution in [2.75, 3.05) is 11.1 Å². The number of halogens is 1. The zero-order chi connectivity index (χ0) is 14.7. The summed E-state index contributed by atoms with van der Waals surface area (Å²) in [6, 6.07) is 12.3. The Kier molecular flexibility index (Phi) is 4.06. The van der Waals surface area contributed by atoms with Crippen molar-refractivity contribution in [3.63, 3.8) is 0 Å². The topological polar surface area (TPSA) is 78.9 Å². The lowest BCUT2D eigenvalue weighted by atomic mass is 10.1. The van der Waals surface area contributed by atoms with Gasteiger partial charge in [-0.05, 0) is 42.8 Å². The van der Waals surface area contributed by atoms with Crippen LogP contribution in [0.25, 0.3) is 0 Å². The maximum atomic E-state index is 12.3. The molecular weight excluding hydrogens is 318 g/mol. The van der Waals surface area contributed by atoms with Crippen molar-refractivity contribution in [1.82, 2.24) is 0 Å². The number of nitrogens with two attached hydrogens (primary N) is 1. The predicted octanol–water partition coefficient (Wildman–Crippen LogP) is 3.46. The predicted molar refractivity (Wildman–Crippen MR) is 82.4 cm³/mol. The summed E-state index contributed by atoms with van der Waals surface area (Å²) in [5, 5.41) is 11.8. The average molecular weight is 330 g/mol. The molecule has 20 heavy (non-hydrogen) atoms. The molecule has 0 fully saturated rings. The molecule has 0 radical (unpaired) electrons. The molecular formula is C15H12BrN3O. The molecule has 0 aliphatic carbocycles. The Morgan fingerprint density at radius 1 is 1.35 bits per heavy atom. The summed E-state index contributed by atoms with van der Waals surface area (Å²) >= 11 is 3.29. The summed E-state index contributed by atoms with van der Waals surface area (Å²) in [5.41, 5.74) is 8.44. The molecule has 100 valence electrons. The zero-order valence-electron chi connectivity index (χ0n) is 10.8. The van der Waals surface area contributed by atoms with Crippen molar-refractivity contribution in [3.8, 4) is 6.07 Å². The van der Waals surface area contributed by atoms with E-state index < -0.39 is 0 Å². The molecule has 0 aromatic heterocycles. The van der Waals surface area contributed by atoms with Gasteiger partial charge in [-0.3, -0.25) is 4.79 Å². The molecule has 0 bridgehead atoms. The number of nitrogens with one attached hydrogen (secondary N) is 1. The van der Waals surface area contributed by atoms with Crippen LogP contribution in [0.15, 0.2) is 40.9 Å². The van der Waals surface area contributed by atoms with Gasteiger partial charge in [0.25, 0.3) is 5.91 Å². The third-order valence-electron chi connectivity index (χ3n) is 2.97. The van der Waals surface area contributed by atoms with Crippen molar-refractivity contribution in [2.45, 2.75) is 6.92 Å². The first-order chi connectivity index (χ1) is 9.52.